The predicted octanol–water partition coefficient (Wildman–Crippen LogP) is 4.80. The highest BCUT2D eigenvalue weighted by molar-refractivity contribution is 14.1. The Hall–Kier alpha value is -0.870. The molecule has 0 heterocycles. The number of hydrogen-bond acceptors (Lipinski definition) is 1. The molecule has 0 bridgehead atoms. The molecule has 2 rings (SSSR count). The molecule has 1 N–H and O–H groups in total. The van der Waals surface area contributed by atoms with Gasteiger partial charge < -0.3 is 5.32 Å². The third kappa shape index (κ3) is 4.06. The topological polar surface area (TPSA) is 12.0 Å². The Morgan fingerprint density at radius 3 is 2.30 bits per heavy atom. The summed E-state index contributed by atoms with van der Waals surface area (Å²) in [6.45, 7) is 7.51. The quantitative estimate of drug-likeness (QED) is 0.736. The maximum absolute atomic E-state index is 3.60. The number of halogens is 1. The first-order valence-corrected chi connectivity index (χ1v) is 8.23. The van der Waals surface area contributed by atoms with Crippen molar-refractivity contribution in [1.29, 1.82) is 0 Å². The van der Waals surface area contributed by atoms with Crippen LogP contribution >= 0.6 is 22.6 Å². The Morgan fingerprint density at radius 2 is 1.70 bits per heavy atom. The van der Waals surface area contributed by atoms with Crippen LogP contribution < -0.4 is 5.32 Å². The van der Waals surface area contributed by atoms with Gasteiger partial charge in [0, 0.05) is 9.61 Å². The van der Waals surface area contributed by atoms with Gasteiger partial charge in [0.2, 0.25) is 0 Å². The van der Waals surface area contributed by atoms with Gasteiger partial charge in [0.05, 0.1) is 0 Å². The monoisotopic (exact) mass is 379 g/mol. The van der Waals surface area contributed by atoms with Crippen molar-refractivity contribution < 1.29 is 0 Å². The molecule has 0 aliphatic heterocycles. The number of hydrogen-bond donors (Lipinski definition) is 1. The first-order valence-electron chi connectivity index (χ1n) is 7.15. The van der Waals surface area contributed by atoms with Crippen molar-refractivity contribution in [2.24, 2.45) is 0 Å². The van der Waals surface area contributed by atoms with Gasteiger partial charge in [-0.05, 0) is 83.8 Å². The van der Waals surface area contributed by atoms with Crippen LogP contribution in [0.15, 0.2) is 42.5 Å². The average molecular weight is 379 g/mol. The van der Waals surface area contributed by atoms with Gasteiger partial charge >= 0.3 is 0 Å². The molecule has 2 heteroatoms. The molecule has 0 radical (unpaired) electrons. The van der Waals surface area contributed by atoms with Crippen molar-refractivity contribution in [1.82, 2.24) is 5.32 Å². The Balaban J connectivity index is 2.20. The Bertz CT molecular complexity index is 560. The lowest BCUT2D eigenvalue weighted by molar-refractivity contribution is 0.549. The molecule has 0 spiro atoms. The molecular formula is C18H22IN. The summed E-state index contributed by atoms with van der Waals surface area (Å²) < 4.78 is 1.28. The molecule has 0 aliphatic carbocycles. The van der Waals surface area contributed by atoms with E-state index in [1.807, 2.05) is 0 Å². The zero-order valence-electron chi connectivity index (χ0n) is 12.4. The standard InChI is InChI=1S/C18H22IN/c1-4-20-18(16-7-9-17(19)10-8-16)12-15-6-5-13(2)14(3)11-15/h5-11,18,20H,4,12H2,1-3H3. The van der Waals surface area contributed by atoms with Crippen LogP contribution in [-0.2, 0) is 6.42 Å². The van der Waals surface area contributed by atoms with Gasteiger partial charge in [-0.1, -0.05) is 37.3 Å². The normalized spacial score (nSPS) is 12.4. The van der Waals surface area contributed by atoms with Crippen LogP contribution in [0.1, 0.15) is 35.2 Å². The minimum absolute atomic E-state index is 0.388. The van der Waals surface area contributed by atoms with E-state index >= 15 is 0 Å². The van der Waals surface area contributed by atoms with E-state index in [9.17, 15) is 0 Å². The van der Waals surface area contributed by atoms with Gasteiger partial charge in [-0.2, -0.15) is 0 Å². The molecule has 1 nitrogen and oxygen atoms in total. The first-order chi connectivity index (χ1) is 9.60. The lowest BCUT2D eigenvalue weighted by Crippen LogP contribution is -2.23. The van der Waals surface area contributed by atoms with Gasteiger partial charge in [-0.25, -0.2) is 0 Å². The van der Waals surface area contributed by atoms with Crippen LogP contribution in [0.3, 0.4) is 0 Å². The van der Waals surface area contributed by atoms with Crippen molar-refractivity contribution in [2.45, 2.75) is 33.2 Å². The molecule has 20 heavy (non-hydrogen) atoms. The molecule has 0 aliphatic rings. The SMILES string of the molecule is CCNC(Cc1ccc(C)c(C)c1)c1ccc(I)cc1. The molecule has 1 atom stereocenters. The van der Waals surface area contributed by atoms with E-state index in [4.69, 9.17) is 0 Å². The number of likely N-dealkylation sites (N-methyl/N-ethyl adjacent to an activating group) is 1. The van der Waals surface area contributed by atoms with E-state index in [1.54, 1.807) is 0 Å². The molecule has 1 unspecified atom stereocenters. The van der Waals surface area contributed by atoms with Gasteiger partial charge in [-0.15, -0.1) is 0 Å². The average Bonchev–Trinajstić information content (AvgIpc) is 2.43. The minimum atomic E-state index is 0.388. The summed E-state index contributed by atoms with van der Waals surface area (Å²) >= 11 is 2.35. The van der Waals surface area contributed by atoms with Crippen molar-refractivity contribution in [2.75, 3.05) is 6.54 Å². The molecular weight excluding hydrogens is 357 g/mol. The minimum Gasteiger partial charge on any atom is -0.310 e. The number of benzene rings is 2. The second-order valence-corrected chi connectivity index (χ2v) is 6.53. The Kier molecular flexibility index (Phi) is 5.61. The Labute approximate surface area is 135 Å². The molecule has 0 saturated carbocycles. The number of aryl methyl sites for hydroxylation is 2. The zero-order valence-corrected chi connectivity index (χ0v) is 14.6. The van der Waals surface area contributed by atoms with E-state index in [-0.39, 0.29) is 0 Å². The van der Waals surface area contributed by atoms with Crippen LogP contribution in [0.5, 0.6) is 0 Å². The summed E-state index contributed by atoms with van der Waals surface area (Å²) in [5, 5.41) is 3.60. The largest absolute Gasteiger partial charge is 0.310 e. The fourth-order valence-electron chi connectivity index (χ4n) is 2.42. The van der Waals surface area contributed by atoms with Gasteiger partial charge in [0.1, 0.15) is 0 Å². The Morgan fingerprint density at radius 1 is 1.00 bits per heavy atom. The summed E-state index contributed by atoms with van der Waals surface area (Å²) in [7, 11) is 0. The van der Waals surface area contributed by atoms with Crippen molar-refractivity contribution in [3.8, 4) is 0 Å². The molecule has 106 valence electrons. The molecule has 0 saturated heterocycles. The summed E-state index contributed by atoms with van der Waals surface area (Å²) in [4.78, 5) is 0. The summed E-state index contributed by atoms with van der Waals surface area (Å²) in [6.07, 6.45) is 1.04. The second kappa shape index (κ2) is 7.23. The van der Waals surface area contributed by atoms with Gasteiger partial charge in [0.25, 0.3) is 0 Å². The molecule has 0 fully saturated rings. The third-order valence-electron chi connectivity index (χ3n) is 3.73. The fourth-order valence-corrected chi connectivity index (χ4v) is 2.78. The zero-order chi connectivity index (χ0) is 14.5. The maximum Gasteiger partial charge on any atom is 0.0360 e. The van der Waals surface area contributed by atoms with Crippen molar-refractivity contribution in [3.05, 3.63) is 68.3 Å². The van der Waals surface area contributed by atoms with E-state index in [1.165, 1.54) is 25.8 Å². The van der Waals surface area contributed by atoms with E-state index in [0.29, 0.717) is 6.04 Å². The first kappa shape index (κ1) is 15.5. The summed E-state index contributed by atoms with van der Waals surface area (Å²) in [5.41, 5.74) is 5.51. The van der Waals surface area contributed by atoms with E-state index < -0.39 is 0 Å². The smallest absolute Gasteiger partial charge is 0.0360 e. The van der Waals surface area contributed by atoms with Gasteiger partial charge in [0.15, 0.2) is 0 Å². The van der Waals surface area contributed by atoms with E-state index in [0.717, 1.165) is 13.0 Å². The molecule has 0 amide bonds. The van der Waals surface area contributed by atoms with Crippen LogP contribution in [0.4, 0.5) is 0 Å². The lowest BCUT2D eigenvalue weighted by atomic mass is 9.96. The van der Waals surface area contributed by atoms with Crippen LogP contribution in [0.25, 0.3) is 0 Å². The van der Waals surface area contributed by atoms with Crippen molar-refractivity contribution >= 4 is 22.6 Å². The summed E-state index contributed by atoms with van der Waals surface area (Å²) in [6, 6.07) is 16.0. The van der Waals surface area contributed by atoms with Crippen molar-refractivity contribution in [3.63, 3.8) is 0 Å². The predicted molar refractivity (Wildman–Crippen MR) is 95.2 cm³/mol. The van der Waals surface area contributed by atoms with E-state index in [2.05, 4.69) is 91.1 Å². The summed E-state index contributed by atoms with van der Waals surface area (Å²) in [5.74, 6) is 0. The highest BCUT2D eigenvalue weighted by atomic mass is 127. The van der Waals surface area contributed by atoms with Crippen LogP contribution in [0.2, 0.25) is 0 Å². The lowest BCUT2D eigenvalue weighted by Gasteiger charge is -2.19. The number of rotatable bonds is 5. The second-order valence-electron chi connectivity index (χ2n) is 5.28. The fraction of sp³-hybridized carbons (Fsp3) is 0.333. The highest BCUT2D eigenvalue weighted by Gasteiger charge is 2.11. The highest BCUT2D eigenvalue weighted by Crippen LogP contribution is 2.21. The molecule has 2 aromatic carbocycles. The third-order valence-corrected chi connectivity index (χ3v) is 4.45. The van der Waals surface area contributed by atoms with Crippen LogP contribution in [0, 0.1) is 17.4 Å². The molecule has 0 aromatic heterocycles. The maximum atomic E-state index is 3.60. The van der Waals surface area contributed by atoms with Crippen LogP contribution in [-0.4, -0.2) is 6.54 Å². The molecule has 2 aromatic rings. The van der Waals surface area contributed by atoms with Gasteiger partial charge in [-0.3, -0.25) is 0 Å². The number of nitrogens with one attached hydrogen (secondary N) is 1.